The monoisotopic (exact) mass is 333 g/mol. The second kappa shape index (κ2) is 7.39. The number of carbonyl (C=O) groups excluding carboxylic acids is 1. The molecule has 0 aliphatic carbocycles. The van der Waals surface area contributed by atoms with Gasteiger partial charge in [-0.1, -0.05) is 43.3 Å². The van der Waals surface area contributed by atoms with Gasteiger partial charge in [0.1, 0.15) is 5.75 Å². The molecule has 3 heteroatoms. The second-order valence-corrected chi connectivity index (χ2v) is 6.23. The van der Waals surface area contributed by atoms with Crippen LogP contribution in [-0.2, 0) is 11.2 Å². The number of methoxy groups -OCH3 is 1. The van der Waals surface area contributed by atoms with E-state index < -0.39 is 0 Å². The van der Waals surface area contributed by atoms with Crippen LogP contribution in [0.15, 0.2) is 60.7 Å². The Morgan fingerprint density at radius 1 is 1.00 bits per heavy atom. The van der Waals surface area contributed by atoms with E-state index in [0.717, 1.165) is 34.2 Å². The SMILES string of the molecule is CCc1ccc(NC(=O)[C@@H](C)c2ccc3cc(OC)ccc3c2)cc1. The summed E-state index contributed by atoms with van der Waals surface area (Å²) >= 11 is 0. The fraction of sp³-hybridized carbons (Fsp3) is 0.227. The van der Waals surface area contributed by atoms with Gasteiger partial charge in [-0.15, -0.1) is 0 Å². The van der Waals surface area contributed by atoms with E-state index in [0.29, 0.717) is 0 Å². The molecule has 3 aromatic carbocycles. The summed E-state index contributed by atoms with van der Waals surface area (Å²) in [5, 5.41) is 5.20. The van der Waals surface area contributed by atoms with Crippen LogP contribution in [0.5, 0.6) is 5.75 Å². The van der Waals surface area contributed by atoms with Crippen LogP contribution in [0.1, 0.15) is 30.9 Å². The van der Waals surface area contributed by atoms with Crippen LogP contribution in [0.25, 0.3) is 10.8 Å². The van der Waals surface area contributed by atoms with Gasteiger partial charge in [-0.25, -0.2) is 0 Å². The van der Waals surface area contributed by atoms with E-state index in [4.69, 9.17) is 4.74 Å². The Morgan fingerprint density at radius 2 is 1.68 bits per heavy atom. The van der Waals surface area contributed by atoms with Crippen LogP contribution >= 0.6 is 0 Å². The van der Waals surface area contributed by atoms with Crippen molar-refractivity contribution < 1.29 is 9.53 Å². The number of amides is 1. The predicted octanol–water partition coefficient (Wildman–Crippen LogP) is 5.15. The molecule has 0 fully saturated rings. The lowest BCUT2D eigenvalue weighted by Gasteiger charge is -2.14. The molecule has 128 valence electrons. The number of benzene rings is 3. The van der Waals surface area contributed by atoms with E-state index in [2.05, 4.69) is 18.3 Å². The van der Waals surface area contributed by atoms with Crippen molar-refractivity contribution in [1.82, 2.24) is 0 Å². The lowest BCUT2D eigenvalue weighted by molar-refractivity contribution is -0.117. The highest BCUT2D eigenvalue weighted by Gasteiger charge is 2.16. The molecule has 25 heavy (non-hydrogen) atoms. The van der Waals surface area contributed by atoms with Crippen molar-refractivity contribution in [3.63, 3.8) is 0 Å². The normalized spacial score (nSPS) is 12.0. The minimum absolute atomic E-state index is 0.00268. The number of nitrogens with one attached hydrogen (secondary N) is 1. The largest absolute Gasteiger partial charge is 0.497 e. The van der Waals surface area contributed by atoms with Gasteiger partial charge in [0.25, 0.3) is 0 Å². The van der Waals surface area contributed by atoms with Gasteiger partial charge in [-0.05, 0) is 59.5 Å². The zero-order chi connectivity index (χ0) is 17.8. The molecule has 0 radical (unpaired) electrons. The summed E-state index contributed by atoms with van der Waals surface area (Å²) < 4.78 is 5.26. The average Bonchev–Trinajstić information content (AvgIpc) is 2.67. The van der Waals surface area contributed by atoms with Crippen LogP contribution in [0, 0.1) is 0 Å². The Balaban J connectivity index is 1.77. The number of hydrogen-bond donors (Lipinski definition) is 1. The van der Waals surface area contributed by atoms with Crippen molar-refractivity contribution in [2.24, 2.45) is 0 Å². The van der Waals surface area contributed by atoms with Gasteiger partial charge >= 0.3 is 0 Å². The Kier molecular flexibility index (Phi) is 5.03. The molecule has 0 saturated heterocycles. The van der Waals surface area contributed by atoms with Crippen molar-refractivity contribution >= 4 is 22.4 Å². The molecule has 0 heterocycles. The smallest absolute Gasteiger partial charge is 0.231 e. The topological polar surface area (TPSA) is 38.3 Å². The van der Waals surface area contributed by atoms with Crippen LogP contribution in [0.2, 0.25) is 0 Å². The lowest BCUT2D eigenvalue weighted by Crippen LogP contribution is -2.18. The Morgan fingerprint density at radius 3 is 2.36 bits per heavy atom. The molecule has 1 amide bonds. The third-order valence-corrected chi connectivity index (χ3v) is 4.59. The molecular weight excluding hydrogens is 310 g/mol. The standard InChI is InChI=1S/C22H23NO2/c1-4-16-5-10-20(11-6-16)23-22(24)15(2)17-7-8-19-14-21(25-3)12-9-18(19)13-17/h5-15H,4H2,1-3H3,(H,23,24)/t15-/m0/s1. The molecule has 0 aliphatic rings. The summed E-state index contributed by atoms with van der Waals surface area (Å²) in [5.74, 6) is 0.607. The van der Waals surface area contributed by atoms with E-state index in [-0.39, 0.29) is 11.8 Å². The molecule has 0 aromatic heterocycles. The summed E-state index contributed by atoms with van der Waals surface area (Å²) in [7, 11) is 1.66. The summed E-state index contributed by atoms with van der Waals surface area (Å²) in [6.07, 6.45) is 0.993. The number of fused-ring (bicyclic) bond motifs is 1. The molecule has 0 aliphatic heterocycles. The van der Waals surface area contributed by atoms with E-state index in [1.165, 1.54) is 5.56 Å². The quantitative estimate of drug-likeness (QED) is 0.701. The van der Waals surface area contributed by atoms with E-state index in [1.54, 1.807) is 7.11 Å². The van der Waals surface area contributed by atoms with Gasteiger partial charge in [0.05, 0.1) is 13.0 Å². The van der Waals surface area contributed by atoms with Crippen LogP contribution in [0.3, 0.4) is 0 Å². The second-order valence-electron chi connectivity index (χ2n) is 6.23. The Labute approximate surface area is 148 Å². The molecule has 0 saturated carbocycles. The van der Waals surface area contributed by atoms with Crippen LogP contribution in [0.4, 0.5) is 5.69 Å². The first-order valence-corrected chi connectivity index (χ1v) is 8.58. The van der Waals surface area contributed by atoms with Gasteiger partial charge in [-0.3, -0.25) is 4.79 Å². The first kappa shape index (κ1) is 17.0. The predicted molar refractivity (Wildman–Crippen MR) is 103 cm³/mol. The highest BCUT2D eigenvalue weighted by Crippen LogP contribution is 2.26. The zero-order valence-corrected chi connectivity index (χ0v) is 14.9. The first-order valence-electron chi connectivity index (χ1n) is 8.58. The molecular formula is C22H23NO2. The van der Waals surface area contributed by atoms with E-state index >= 15 is 0 Å². The third-order valence-electron chi connectivity index (χ3n) is 4.59. The van der Waals surface area contributed by atoms with Crippen LogP contribution in [-0.4, -0.2) is 13.0 Å². The zero-order valence-electron chi connectivity index (χ0n) is 14.9. The number of rotatable bonds is 5. The highest BCUT2D eigenvalue weighted by molar-refractivity contribution is 5.96. The number of anilines is 1. The van der Waals surface area contributed by atoms with Crippen molar-refractivity contribution in [1.29, 1.82) is 0 Å². The van der Waals surface area contributed by atoms with Crippen molar-refractivity contribution in [3.05, 3.63) is 71.8 Å². The number of ether oxygens (including phenoxy) is 1. The molecule has 3 rings (SSSR count). The Hall–Kier alpha value is -2.81. The maximum absolute atomic E-state index is 12.6. The minimum atomic E-state index is -0.225. The summed E-state index contributed by atoms with van der Waals surface area (Å²) in [6, 6.07) is 20.1. The third kappa shape index (κ3) is 3.82. The van der Waals surface area contributed by atoms with E-state index in [9.17, 15) is 4.79 Å². The highest BCUT2D eigenvalue weighted by atomic mass is 16.5. The number of aryl methyl sites for hydroxylation is 1. The van der Waals surface area contributed by atoms with Gasteiger partial charge in [0, 0.05) is 5.69 Å². The lowest BCUT2D eigenvalue weighted by atomic mass is 9.97. The van der Waals surface area contributed by atoms with Gasteiger partial charge < -0.3 is 10.1 Å². The molecule has 0 spiro atoms. The van der Waals surface area contributed by atoms with E-state index in [1.807, 2.05) is 61.5 Å². The minimum Gasteiger partial charge on any atom is -0.497 e. The number of carbonyl (C=O) groups is 1. The fourth-order valence-electron chi connectivity index (χ4n) is 2.86. The Bertz CT molecular complexity index is 884. The molecule has 0 unspecified atom stereocenters. The van der Waals surface area contributed by atoms with Crippen molar-refractivity contribution in [2.45, 2.75) is 26.2 Å². The maximum atomic E-state index is 12.6. The van der Waals surface area contributed by atoms with Gasteiger partial charge in [-0.2, -0.15) is 0 Å². The maximum Gasteiger partial charge on any atom is 0.231 e. The molecule has 3 aromatic rings. The number of hydrogen-bond acceptors (Lipinski definition) is 2. The first-order chi connectivity index (χ1) is 12.1. The van der Waals surface area contributed by atoms with Gasteiger partial charge in [0.2, 0.25) is 5.91 Å². The molecule has 0 bridgehead atoms. The summed E-state index contributed by atoms with van der Waals surface area (Å²) in [5.41, 5.74) is 3.09. The molecule has 1 atom stereocenters. The average molecular weight is 333 g/mol. The summed E-state index contributed by atoms with van der Waals surface area (Å²) in [6.45, 7) is 4.05. The molecule has 3 nitrogen and oxygen atoms in total. The van der Waals surface area contributed by atoms with Crippen LogP contribution < -0.4 is 10.1 Å². The fourth-order valence-corrected chi connectivity index (χ4v) is 2.86. The van der Waals surface area contributed by atoms with Crippen molar-refractivity contribution in [2.75, 3.05) is 12.4 Å². The van der Waals surface area contributed by atoms with Crippen molar-refractivity contribution in [3.8, 4) is 5.75 Å². The summed E-state index contributed by atoms with van der Waals surface area (Å²) in [4.78, 5) is 12.6. The molecule has 1 N–H and O–H groups in total. The van der Waals surface area contributed by atoms with Gasteiger partial charge in [0.15, 0.2) is 0 Å².